The molecule has 20 heavy (non-hydrogen) atoms. The summed E-state index contributed by atoms with van der Waals surface area (Å²) in [5.41, 5.74) is 0. The first-order chi connectivity index (χ1) is 9.69. The van der Waals surface area contributed by atoms with Gasteiger partial charge in [-0.25, -0.2) is 0 Å². The largest absolute Gasteiger partial charge is 0.342 e. The molecule has 0 aromatic rings. The smallest absolute Gasteiger partial charge is 0.236 e. The van der Waals surface area contributed by atoms with Crippen molar-refractivity contribution in [2.24, 2.45) is 17.8 Å². The molecule has 3 unspecified atom stereocenters. The van der Waals surface area contributed by atoms with Gasteiger partial charge in [0.2, 0.25) is 5.91 Å². The van der Waals surface area contributed by atoms with Crippen molar-refractivity contribution < 1.29 is 4.79 Å². The molecular formula is C16H29N3O. The lowest BCUT2D eigenvalue weighted by Gasteiger charge is -2.33. The van der Waals surface area contributed by atoms with Gasteiger partial charge in [-0.15, -0.1) is 0 Å². The van der Waals surface area contributed by atoms with Crippen molar-refractivity contribution in [2.45, 2.75) is 39.2 Å². The highest BCUT2D eigenvalue weighted by molar-refractivity contribution is 5.78. The Labute approximate surface area is 122 Å². The van der Waals surface area contributed by atoms with Gasteiger partial charge in [0.1, 0.15) is 0 Å². The third-order valence-electron chi connectivity index (χ3n) is 5.72. The van der Waals surface area contributed by atoms with E-state index in [4.69, 9.17) is 0 Å². The summed E-state index contributed by atoms with van der Waals surface area (Å²) in [6, 6.07) is 0.614. The van der Waals surface area contributed by atoms with Crippen LogP contribution in [0.5, 0.6) is 0 Å². The lowest BCUT2D eigenvalue weighted by Crippen LogP contribution is -2.46. The van der Waals surface area contributed by atoms with Gasteiger partial charge in [-0.3, -0.25) is 9.69 Å². The molecule has 3 atom stereocenters. The van der Waals surface area contributed by atoms with E-state index in [1.165, 1.54) is 19.3 Å². The Morgan fingerprint density at radius 1 is 1.25 bits per heavy atom. The number of nitrogens with zero attached hydrogens (tertiary/aromatic N) is 2. The first kappa shape index (κ1) is 14.3. The van der Waals surface area contributed by atoms with Gasteiger partial charge in [0, 0.05) is 25.7 Å². The highest BCUT2D eigenvalue weighted by atomic mass is 16.2. The summed E-state index contributed by atoms with van der Waals surface area (Å²) < 4.78 is 0. The summed E-state index contributed by atoms with van der Waals surface area (Å²) in [5, 5.41) is 3.51. The van der Waals surface area contributed by atoms with Crippen LogP contribution in [0.2, 0.25) is 0 Å². The van der Waals surface area contributed by atoms with Gasteiger partial charge in [-0.05, 0) is 50.1 Å². The first-order valence-corrected chi connectivity index (χ1v) is 8.41. The molecule has 4 nitrogen and oxygen atoms in total. The quantitative estimate of drug-likeness (QED) is 0.842. The van der Waals surface area contributed by atoms with E-state index in [2.05, 4.69) is 29.0 Å². The Balaban J connectivity index is 1.56. The van der Waals surface area contributed by atoms with Crippen LogP contribution in [0.4, 0.5) is 0 Å². The van der Waals surface area contributed by atoms with Crippen LogP contribution in [0, 0.1) is 17.8 Å². The Hall–Kier alpha value is -0.610. The summed E-state index contributed by atoms with van der Waals surface area (Å²) in [7, 11) is 0. The molecule has 3 fully saturated rings. The second-order valence-electron chi connectivity index (χ2n) is 7.05. The zero-order valence-electron chi connectivity index (χ0n) is 13.0. The Morgan fingerprint density at radius 3 is 2.70 bits per heavy atom. The fourth-order valence-electron chi connectivity index (χ4n) is 4.39. The second kappa shape index (κ2) is 6.02. The molecule has 0 aromatic heterocycles. The molecule has 3 rings (SSSR count). The number of amides is 1. The van der Waals surface area contributed by atoms with Gasteiger partial charge < -0.3 is 10.2 Å². The minimum atomic E-state index is 0.364. The van der Waals surface area contributed by atoms with E-state index >= 15 is 0 Å². The van der Waals surface area contributed by atoms with Crippen LogP contribution in [0.25, 0.3) is 0 Å². The Morgan fingerprint density at radius 2 is 2.00 bits per heavy atom. The van der Waals surface area contributed by atoms with E-state index < -0.39 is 0 Å². The molecule has 0 bridgehead atoms. The molecule has 0 spiro atoms. The minimum Gasteiger partial charge on any atom is -0.342 e. The molecular weight excluding hydrogens is 250 g/mol. The fraction of sp³-hybridized carbons (Fsp3) is 0.938. The number of fused-ring (bicyclic) bond motifs is 1. The van der Waals surface area contributed by atoms with Crippen molar-refractivity contribution >= 4 is 5.91 Å². The zero-order chi connectivity index (χ0) is 14.1. The average Bonchev–Trinajstić information content (AvgIpc) is 2.99. The maximum atomic E-state index is 12.5. The average molecular weight is 279 g/mol. The predicted molar refractivity (Wildman–Crippen MR) is 80.5 cm³/mol. The van der Waals surface area contributed by atoms with Crippen molar-refractivity contribution in [1.29, 1.82) is 0 Å². The number of nitrogens with one attached hydrogen (secondary N) is 1. The third kappa shape index (κ3) is 2.73. The van der Waals surface area contributed by atoms with E-state index in [9.17, 15) is 4.79 Å². The van der Waals surface area contributed by atoms with Gasteiger partial charge in [0.05, 0.1) is 6.54 Å². The second-order valence-corrected chi connectivity index (χ2v) is 7.05. The van der Waals surface area contributed by atoms with E-state index in [-0.39, 0.29) is 0 Å². The molecule has 1 amide bonds. The van der Waals surface area contributed by atoms with Crippen molar-refractivity contribution in [1.82, 2.24) is 15.1 Å². The van der Waals surface area contributed by atoms with Crippen LogP contribution >= 0.6 is 0 Å². The molecule has 0 aliphatic carbocycles. The van der Waals surface area contributed by atoms with Crippen LogP contribution in [-0.2, 0) is 4.79 Å². The normalized spacial score (nSPS) is 35.5. The number of hydrogen-bond donors (Lipinski definition) is 1. The first-order valence-electron chi connectivity index (χ1n) is 8.41. The number of carbonyl (C=O) groups excluding carboxylic acids is 1. The van der Waals surface area contributed by atoms with E-state index in [0.717, 1.165) is 50.5 Å². The van der Waals surface area contributed by atoms with Gasteiger partial charge in [-0.2, -0.15) is 0 Å². The summed E-state index contributed by atoms with van der Waals surface area (Å²) in [4.78, 5) is 17.1. The van der Waals surface area contributed by atoms with E-state index in [1.807, 2.05) is 0 Å². The standard InChI is InChI=1S/C16H29N3O/c1-3-15-14-9-17-8-13(14)10-19(15)11-16(20)18-6-4-12(2)5-7-18/h12-15,17H,3-11H2,1-2H3. The molecule has 3 aliphatic rings. The van der Waals surface area contributed by atoms with Crippen molar-refractivity contribution in [3.8, 4) is 0 Å². The number of rotatable bonds is 3. The van der Waals surface area contributed by atoms with E-state index in [1.54, 1.807) is 0 Å². The van der Waals surface area contributed by atoms with Gasteiger partial charge in [0.25, 0.3) is 0 Å². The fourth-order valence-corrected chi connectivity index (χ4v) is 4.39. The molecule has 0 saturated carbocycles. The topological polar surface area (TPSA) is 35.6 Å². The molecule has 3 saturated heterocycles. The van der Waals surface area contributed by atoms with Crippen molar-refractivity contribution in [3.05, 3.63) is 0 Å². The molecule has 114 valence electrons. The van der Waals surface area contributed by atoms with Crippen LogP contribution in [0.1, 0.15) is 33.1 Å². The van der Waals surface area contributed by atoms with Crippen LogP contribution in [-0.4, -0.2) is 61.0 Å². The molecule has 3 heterocycles. The number of carbonyl (C=O) groups is 1. The maximum Gasteiger partial charge on any atom is 0.236 e. The SMILES string of the molecule is CCC1C2CNCC2CN1CC(=O)N1CCC(C)CC1. The molecule has 0 radical (unpaired) electrons. The summed E-state index contributed by atoms with van der Waals surface area (Å²) >= 11 is 0. The Bertz CT molecular complexity index is 352. The van der Waals surface area contributed by atoms with Gasteiger partial charge in [-0.1, -0.05) is 13.8 Å². The minimum absolute atomic E-state index is 0.364. The Kier molecular flexibility index (Phi) is 4.32. The summed E-state index contributed by atoms with van der Waals surface area (Å²) in [5.74, 6) is 2.70. The lowest BCUT2D eigenvalue weighted by molar-refractivity contribution is -0.134. The molecule has 4 heteroatoms. The molecule has 3 aliphatic heterocycles. The van der Waals surface area contributed by atoms with Gasteiger partial charge in [0.15, 0.2) is 0 Å². The van der Waals surface area contributed by atoms with E-state index in [0.29, 0.717) is 18.5 Å². The number of likely N-dealkylation sites (tertiary alicyclic amines) is 2. The summed E-state index contributed by atoms with van der Waals surface area (Å²) in [6.45, 7) is 10.6. The van der Waals surface area contributed by atoms with Crippen molar-refractivity contribution in [2.75, 3.05) is 39.3 Å². The molecule has 0 aromatic carbocycles. The molecule has 1 N–H and O–H groups in total. The zero-order valence-corrected chi connectivity index (χ0v) is 13.0. The van der Waals surface area contributed by atoms with Crippen molar-refractivity contribution in [3.63, 3.8) is 0 Å². The highest BCUT2D eigenvalue weighted by Gasteiger charge is 2.43. The van der Waals surface area contributed by atoms with Crippen LogP contribution in [0.15, 0.2) is 0 Å². The third-order valence-corrected chi connectivity index (χ3v) is 5.72. The summed E-state index contributed by atoms with van der Waals surface area (Å²) in [6.07, 6.45) is 3.53. The predicted octanol–water partition coefficient (Wildman–Crippen LogP) is 1.17. The monoisotopic (exact) mass is 279 g/mol. The maximum absolute atomic E-state index is 12.5. The number of hydrogen-bond acceptors (Lipinski definition) is 3. The number of piperidine rings is 1. The van der Waals surface area contributed by atoms with Crippen LogP contribution in [0.3, 0.4) is 0 Å². The van der Waals surface area contributed by atoms with Gasteiger partial charge >= 0.3 is 0 Å². The lowest BCUT2D eigenvalue weighted by atomic mass is 9.93. The highest BCUT2D eigenvalue weighted by Crippen LogP contribution is 2.34. The van der Waals surface area contributed by atoms with Crippen LogP contribution < -0.4 is 5.32 Å².